The average Bonchev–Trinajstić information content (AvgIpc) is 2.48. The van der Waals surface area contributed by atoms with Crippen molar-refractivity contribution in [1.82, 2.24) is 10.3 Å². The largest absolute Gasteiger partial charge is 0.326 e. The molecule has 0 saturated heterocycles. The first-order chi connectivity index (χ1) is 10.1. The predicted molar refractivity (Wildman–Crippen MR) is 85.4 cm³/mol. The zero-order valence-corrected chi connectivity index (χ0v) is 12.7. The lowest BCUT2D eigenvalue weighted by Gasteiger charge is -2.09. The molecule has 2 aromatic rings. The Hall–Kier alpha value is -1.91. The SMILES string of the molecule is Cc1cc(Cl)ccc1NC(=O)CCNCc1ccccn1. The Balaban J connectivity index is 1.72. The molecule has 1 aromatic heterocycles. The third kappa shape index (κ3) is 5.17. The van der Waals surface area contributed by atoms with Gasteiger partial charge in [0, 0.05) is 36.4 Å². The van der Waals surface area contributed by atoms with Gasteiger partial charge < -0.3 is 10.6 Å². The van der Waals surface area contributed by atoms with E-state index in [4.69, 9.17) is 11.6 Å². The van der Waals surface area contributed by atoms with Gasteiger partial charge in [-0.1, -0.05) is 17.7 Å². The molecule has 0 saturated carbocycles. The molecule has 0 fully saturated rings. The normalized spacial score (nSPS) is 10.4. The van der Waals surface area contributed by atoms with Gasteiger partial charge in [0.25, 0.3) is 0 Å². The molecule has 0 aliphatic rings. The number of carbonyl (C=O) groups excluding carboxylic acids is 1. The first-order valence-corrected chi connectivity index (χ1v) is 7.19. The highest BCUT2D eigenvalue weighted by atomic mass is 35.5. The Labute approximate surface area is 129 Å². The topological polar surface area (TPSA) is 54.0 Å². The van der Waals surface area contributed by atoms with Crippen molar-refractivity contribution in [3.63, 3.8) is 0 Å². The Kier molecular flexibility index (Phi) is 5.72. The van der Waals surface area contributed by atoms with Crippen molar-refractivity contribution in [2.75, 3.05) is 11.9 Å². The second-order valence-corrected chi connectivity index (χ2v) is 5.19. The molecule has 2 rings (SSSR count). The first-order valence-electron chi connectivity index (χ1n) is 6.82. The number of pyridine rings is 1. The Morgan fingerprint density at radius 3 is 2.86 bits per heavy atom. The van der Waals surface area contributed by atoms with E-state index in [9.17, 15) is 4.79 Å². The molecule has 110 valence electrons. The number of carbonyl (C=O) groups is 1. The molecule has 1 amide bonds. The van der Waals surface area contributed by atoms with Crippen molar-refractivity contribution >= 4 is 23.2 Å². The average molecular weight is 304 g/mol. The summed E-state index contributed by atoms with van der Waals surface area (Å²) in [4.78, 5) is 16.1. The Morgan fingerprint density at radius 1 is 1.29 bits per heavy atom. The number of hydrogen-bond acceptors (Lipinski definition) is 3. The Morgan fingerprint density at radius 2 is 2.14 bits per heavy atom. The fraction of sp³-hybridized carbons (Fsp3) is 0.250. The maximum Gasteiger partial charge on any atom is 0.225 e. The van der Waals surface area contributed by atoms with E-state index in [-0.39, 0.29) is 5.91 Å². The number of hydrogen-bond donors (Lipinski definition) is 2. The molecule has 0 unspecified atom stereocenters. The lowest BCUT2D eigenvalue weighted by atomic mass is 10.2. The van der Waals surface area contributed by atoms with Crippen LogP contribution in [-0.4, -0.2) is 17.4 Å². The maximum absolute atomic E-state index is 11.9. The van der Waals surface area contributed by atoms with Gasteiger partial charge in [0.05, 0.1) is 5.69 Å². The van der Waals surface area contributed by atoms with E-state index in [2.05, 4.69) is 15.6 Å². The number of anilines is 1. The van der Waals surface area contributed by atoms with Crippen molar-refractivity contribution < 1.29 is 4.79 Å². The summed E-state index contributed by atoms with van der Waals surface area (Å²) >= 11 is 5.89. The summed E-state index contributed by atoms with van der Waals surface area (Å²) < 4.78 is 0. The minimum absolute atomic E-state index is 0.0195. The third-order valence-corrected chi connectivity index (χ3v) is 3.26. The molecule has 1 aromatic carbocycles. The van der Waals surface area contributed by atoms with Crippen molar-refractivity contribution in [3.05, 3.63) is 58.9 Å². The summed E-state index contributed by atoms with van der Waals surface area (Å²) in [5, 5.41) is 6.75. The lowest BCUT2D eigenvalue weighted by molar-refractivity contribution is -0.116. The lowest BCUT2D eigenvalue weighted by Crippen LogP contribution is -2.22. The zero-order valence-electron chi connectivity index (χ0n) is 11.9. The van der Waals surface area contributed by atoms with E-state index in [1.807, 2.05) is 37.3 Å². The van der Waals surface area contributed by atoms with Crippen molar-refractivity contribution in [1.29, 1.82) is 0 Å². The van der Waals surface area contributed by atoms with E-state index in [1.165, 1.54) is 0 Å². The molecule has 0 atom stereocenters. The number of aryl methyl sites for hydroxylation is 1. The molecule has 2 N–H and O–H groups in total. The van der Waals surface area contributed by atoms with Crippen molar-refractivity contribution in [2.24, 2.45) is 0 Å². The van der Waals surface area contributed by atoms with E-state index >= 15 is 0 Å². The van der Waals surface area contributed by atoms with Gasteiger partial charge in [0.15, 0.2) is 0 Å². The van der Waals surface area contributed by atoms with E-state index < -0.39 is 0 Å². The first kappa shape index (κ1) is 15.5. The van der Waals surface area contributed by atoms with E-state index in [0.29, 0.717) is 24.5 Å². The van der Waals surface area contributed by atoms with Crippen molar-refractivity contribution in [2.45, 2.75) is 19.9 Å². The highest BCUT2D eigenvalue weighted by Crippen LogP contribution is 2.19. The quantitative estimate of drug-likeness (QED) is 0.806. The minimum Gasteiger partial charge on any atom is -0.326 e. The van der Waals surface area contributed by atoms with Crippen LogP contribution in [0.4, 0.5) is 5.69 Å². The Bertz CT molecular complexity index is 602. The van der Waals surface area contributed by atoms with Crippen molar-refractivity contribution in [3.8, 4) is 0 Å². The zero-order chi connectivity index (χ0) is 15.1. The minimum atomic E-state index is -0.0195. The standard InChI is InChI=1S/C16H18ClN3O/c1-12-10-13(17)5-6-15(12)20-16(21)7-9-18-11-14-4-2-3-8-19-14/h2-6,8,10,18H,7,9,11H2,1H3,(H,20,21). The van der Waals surface area contributed by atoms with E-state index in [0.717, 1.165) is 16.9 Å². The van der Waals surface area contributed by atoms with Crippen LogP contribution >= 0.6 is 11.6 Å². The highest BCUT2D eigenvalue weighted by molar-refractivity contribution is 6.30. The van der Waals surface area contributed by atoms with E-state index in [1.54, 1.807) is 12.3 Å². The summed E-state index contributed by atoms with van der Waals surface area (Å²) in [7, 11) is 0. The number of halogens is 1. The molecule has 5 heteroatoms. The van der Waals surface area contributed by atoms with Crippen LogP contribution in [0.5, 0.6) is 0 Å². The molecule has 0 radical (unpaired) electrons. The molecule has 0 bridgehead atoms. The van der Waals surface area contributed by atoms with Gasteiger partial charge in [-0.3, -0.25) is 9.78 Å². The fourth-order valence-electron chi connectivity index (χ4n) is 1.90. The summed E-state index contributed by atoms with van der Waals surface area (Å²) in [6, 6.07) is 11.2. The van der Waals surface area contributed by atoms with Crippen LogP contribution in [0, 0.1) is 6.92 Å². The van der Waals surface area contributed by atoms with Crippen LogP contribution in [0.1, 0.15) is 17.7 Å². The second kappa shape index (κ2) is 7.76. The second-order valence-electron chi connectivity index (χ2n) is 4.76. The monoisotopic (exact) mass is 303 g/mol. The van der Waals surface area contributed by atoms with Gasteiger partial charge in [-0.05, 0) is 42.8 Å². The number of amides is 1. The molecular weight excluding hydrogens is 286 g/mol. The fourth-order valence-corrected chi connectivity index (χ4v) is 2.13. The molecule has 1 heterocycles. The molecule has 0 aliphatic heterocycles. The van der Waals surface area contributed by atoms with Crippen LogP contribution in [0.25, 0.3) is 0 Å². The van der Waals surface area contributed by atoms with Crippen LogP contribution in [0.2, 0.25) is 5.02 Å². The molecule has 0 aliphatic carbocycles. The number of aromatic nitrogens is 1. The molecule has 0 spiro atoms. The number of benzene rings is 1. The van der Waals surface area contributed by atoms with Gasteiger partial charge in [0.2, 0.25) is 5.91 Å². The van der Waals surface area contributed by atoms with Crippen LogP contribution in [0.3, 0.4) is 0 Å². The van der Waals surface area contributed by atoms with Gasteiger partial charge in [-0.25, -0.2) is 0 Å². The van der Waals surface area contributed by atoms with Crippen LogP contribution < -0.4 is 10.6 Å². The smallest absolute Gasteiger partial charge is 0.225 e. The summed E-state index contributed by atoms with van der Waals surface area (Å²) in [5.74, 6) is -0.0195. The number of nitrogens with zero attached hydrogens (tertiary/aromatic N) is 1. The third-order valence-electron chi connectivity index (χ3n) is 3.02. The summed E-state index contributed by atoms with van der Waals surface area (Å²) in [5.41, 5.74) is 2.72. The highest BCUT2D eigenvalue weighted by Gasteiger charge is 2.05. The van der Waals surface area contributed by atoms with Gasteiger partial charge in [-0.2, -0.15) is 0 Å². The van der Waals surface area contributed by atoms with Gasteiger partial charge in [0.1, 0.15) is 0 Å². The summed E-state index contributed by atoms with van der Waals surface area (Å²) in [6.45, 7) is 3.18. The maximum atomic E-state index is 11.9. The van der Waals surface area contributed by atoms with Gasteiger partial charge in [-0.15, -0.1) is 0 Å². The van der Waals surface area contributed by atoms with Gasteiger partial charge >= 0.3 is 0 Å². The van der Waals surface area contributed by atoms with Crippen LogP contribution in [-0.2, 0) is 11.3 Å². The number of nitrogens with one attached hydrogen (secondary N) is 2. The molecule has 21 heavy (non-hydrogen) atoms. The summed E-state index contributed by atoms with van der Waals surface area (Å²) in [6.07, 6.45) is 2.17. The molecule has 4 nitrogen and oxygen atoms in total. The molecular formula is C16H18ClN3O. The number of rotatable bonds is 6. The van der Waals surface area contributed by atoms with Crippen LogP contribution in [0.15, 0.2) is 42.6 Å². The predicted octanol–water partition coefficient (Wildman–Crippen LogP) is 3.16.